The van der Waals surface area contributed by atoms with Gasteiger partial charge in [0, 0.05) is 0 Å². The third-order valence-electron chi connectivity index (χ3n) is 3.57. The number of alkyl halides is 24. The van der Waals surface area contributed by atoms with Gasteiger partial charge in [-0.05, 0) is 0 Å². The highest BCUT2D eigenvalue weighted by Gasteiger charge is 2.82. The van der Waals surface area contributed by atoms with E-state index in [0.717, 1.165) is 28.4 Å². The third-order valence-corrected chi connectivity index (χ3v) is 3.57. The second-order valence-corrected chi connectivity index (χ2v) is 6.81. The fraction of sp³-hybridized carbons (Fsp3) is 1.00. The Balaban J connectivity index is 3.95. The van der Waals surface area contributed by atoms with E-state index >= 15 is 0 Å². The molecule has 1 aliphatic rings. The molecule has 1 rings (SSSR count). The van der Waals surface area contributed by atoms with Gasteiger partial charge in [-0.3, -0.25) is 0 Å². The minimum atomic E-state index is -8.06. The predicted octanol–water partition coefficient (Wildman–Crippen LogP) is 7.21. The lowest BCUT2D eigenvalue weighted by molar-refractivity contribution is -0.610. The van der Waals surface area contributed by atoms with Crippen LogP contribution in [0.5, 0.6) is 0 Å². The van der Waals surface area contributed by atoms with Crippen LogP contribution in [0, 0.1) is 0 Å². The Labute approximate surface area is 208 Å². The summed E-state index contributed by atoms with van der Waals surface area (Å²) in [5.41, 5.74) is 0. The smallest absolute Gasteiger partial charge is 0.241 e. The van der Waals surface area contributed by atoms with Crippen molar-refractivity contribution in [1.29, 1.82) is 0 Å². The number of hydrogen-bond acceptors (Lipinski definition) is 6. The van der Waals surface area contributed by atoms with Crippen LogP contribution in [0.15, 0.2) is 0 Å². The van der Waals surface area contributed by atoms with Crippen molar-refractivity contribution in [3.05, 3.63) is 0 Å². The Hall–Kier alpha value is -1.92. The van der Waals surface area contributed by atoms with Gasteiger partial charge >= 0.3 is 73.3 Å². The van der Waals surface area contributed by atoms with E-state index in [4.69, 9.17) is 0 Å². The molecule has 0 aromatic rings. The van der Waals surface area contributed by atoms with Crippen LogP contribution in [0.25, 0.3) is 0 Å². The van der Waals surface area contributed by atoms with Gasteiger partial charge < -0.3 is 0 Å². The zero-order valence-electron chi connectivity index (χ0n) is 17.5. The van der Waals surface area contributed by atoms with Gasteiger partial charge in [-0.15, -0.1) is 0 Å². The second kappa shape index (κ2) is 9.79. The Bertz CT molecular complexity index is 717. The van der Waals surface area contributed by atoms with Crippen molar-refractivity contribution in [2.75, 3.05) is 0 Å². The summed E-state index contributed by atoms with van der Waals surface area (Å²) in [7, 11) is 0. The van der Waals surface area contributed by atoms with Crippen LogP contribution >= 0.6 is 0 Å². The lowest BCUT2D eigenvalue weighted by atomic mass is 10.4. The molecule has 0 atom stereocenters. The van der Waals surface area contributed by atoms with Crippen LogP contribution in [0.2, 0.25) is 0 Å². The summed E-state index contributed by atoms with van der Waals surface area (Å²) >= 11 is 0. The summed E-state index contributed by atoms with van der Waals surface area (Å²) in [4.78, 5) is 0. The predicted molar refractivity (Wildman–Crippen MR) is 65.9 cm³/mol. The van der Waals surface area contributed by atoms with Gasteiger partial charge in [0.05, 0.1) is 0 Å². The summed E-state index contributed by atoms with van der Waals surface area (Å²) in [6, 6.07) is 0. The Morgan fingerprint density at radius 3 is 0.238 bits per heavy atom. The molecule has 1 saturated heterocycles. The van der Waals surface area contributed by atoms with Crippen LogP contribution in [0.3, 0.4) is 0 Å². The monoisotopic (exact) mass is 696 g/mol. The average Bonchev–Trinajstić information content (AvgIpc) is 2.61. The highest BCUT2D eigenvalue weighted by molar-refractivity contribution is 4.84. The van der Waals surface area contributed by atoms with Gasteiger partial charge in [-0.25, -0.2) is 28.4 Å². The third kappa shape index (κ3) is 6.75. The van der Waals surface area contributed by atoms with Crippen LogP contribution < -0.4 is 0 Å². The van der Waals surface area contributed by atoms with E-state index in [9.17, 15) is 105 Å². The SMILES string of the molecule is FC1(F)OC(F)(F)C(F)(F)OC(F)(F)C(F)(F)OC(F)(F)C(F)(F)OC(F)(F)C(F)(F)OC(F)(F)C(F)(F)OC1(F)F. The first kappa shape index (κ1) is 38.1. The number of hydrogen-bond donors (Lipinski definition) is 0. The molecule has 252 valence electrons. The molecule has 1 aliphatic heterocycles. The fourth-order valence-corrected chi connectivity index (χ4v) is 1.68. The molecule has 30 heteroatoms. The molecule has 1 heterocycles. The quantitative estimate of drug-likeness (QED) is 0.250. The molecule has 6 nitrogen and oxygen atoms in total. The molecule has 0 aromatic carbocycles. The van der Waals surface area contributed by atoms with Gasteiger partial charge in [0.1, 0.15) is 0 Å². The maximum atomic E-state index is 13.2. The highest BCUT2D eigenvalue weighted by Crippen LogP contribution is 2.55. The zero-order chi connectivity index (χ0) is 34.2. The van der Waals surface area contributed by atoms with E-state index in [0.29, 0.717) is 0 Å². The summed E-state index contributed by atoms with van der Waals surface area (Å²) < 4.78 is 325. The van der Waals surface area contributed by atoms with Crippen molar-refractivity contribution in [1.82, 2.24) is 0 Å². The Morgan fingerprint density at radius 2 is 0.190 bits per heavy atom. The first-order valence-electron chi connectivity index (χ1n) is 8.49. The van der Waals surface area contributed by atoms with E-state index in [1.54, 1.807) is 0 Å². The summed E-state index contributed by atoms with van der Waals surface area (Å²) in [5, 5.41) is 0. The normalized spacial score (nSPS) is 32.6. The molecular formula is C12F24O6. The lowest BCUT2D eigenvalue weighted by Gasteiger charge is -2.38. The van der Waals surface area contributed by atoms with E-state index in [2.05, 4.69) is 0 Å². The van der Waals surface area contributed by atoms with E-state index < -0.39 is 73.3 Å². The first-order chi connectivity index (χ1) is 17.7. The molecular weight excluding hydrogens is 696 g/mol. The number of rotatable bonds is 0. The van der Waals surface area contributed by atoms with Crippen LogP contribution in [-0.4, -0.2) is 73.3 Å². The van der Waals surface area contributed by atoms with Gasteiger partial charge in [-0.1, -0.05) is 0 Å². The summed E-state index contributed by atoms with van der Waals surface area (Å²) in [6.45, 7) is 0. The molecule has 0 radical (unpaired) electrons. The topological polar surface area (TPSA) is 55.4 Å². The molecule has 0 unspecified atom stereocenters. The van der Waals surface area contributed by atoms with Crippen molar-refractivity contribution in [3.63, 3.8) is 0 Å². The maximum absolute atomic E-state index is 13.2. The summed E-state index contributed by atoms with van der Waals surface area (Å²) in [6.07, 6.45) is -96.7. The molecule has 0 N–H and O–H groups in total. The molecule has 0 saturated carbocycles. The Morgan fingerprint density at radius 1 is 0.143 bits per heavy atom. The van der Waals surface area contributed by atoms with E-state index in [1.165, 1.54) is 0 Å². The molecule has 0 amide bonds. The molecule has 0 aliphatic carbocycles. The Kier molecular flexibility index (Phi) is 8.88. The zero-order valence-corrected chi connectivity index (χ0v) is 17.5. The number of halogens is 24. The summed E-state index contributed by atoms with van der Waals surface area (Å²) in [5.74, 6) is 0. The van der Waals surface area contributed by atoms with E-state index in [1.807, 2.05) is 0 Å². The standard InChI is InChI=1S/C12F24O6/c13-1(14)2(15,16)38-5(21,22)6(23,24)40-9(29,30)10(31,32)42-12(35,36)11(33,34)41-8(27,28)7(25,26)39-4(19,20)3(17,18)37-1. The van der Waals surface area contributed by atoms with Crippen molar-refractivity contribution in [2.24, 2.45) is 0 Å². The maximum Gasteiger partial charge on any atom is 0.453 e. The first-order valence-corrected chi connectivity index (χ1v) is 8.49. The van der Waals surface area contributed by atoms with Crippen molar-refractivity contribution >= 4 is 0 Å². The van der Waals surface area contributed by atoms with Crippen molar-refractivity contribution in [3.8, 4) is 0 Å². The van der Waals surface area contributed by atoms with Gasteiger partial charge in [-0.2, -0.15) is 105 Å². The lowest BCUT2D eigenvalue weighted by Crippen LogP contribution is -2.64. The molecule has 0 bridgehead atoms. The molecule has 0 spiro atoms. The van der Waals surface area contributed by atoms with Crippen LogP contribution in [0.4, 0.5) is 105 Å². The minimum absolute atomic E-state index is 1.16. The average molecular weight is 696 g/mol. The van der Waals surface area contributed by atoms with Gasteiger partial charge in [0.25, 0.3) is 0 Å². The van der Waals surface area contributed by atoms with Gasteiger partial charge in [0.15, 0.2) is 0 Å². The van der Waals surface area contributed by atoms with E-state index in [-0.39, 0.29) is 0 Å². The van der Waals surface area contributed by atoms with Crippen molar-refractivity contribution < 1.29 is 134 Å². The van der Waals surface area contributed by atoms with Crippen LogP contribution in [-0.2, 0) is 28.4 Å². The second-order valence-electron chi connectivity index (χ2n) is 6.81. The van der Waals surface area contributed by atoms with Gasteiger partial charge in [0.2, 0.25) is 0 Å². The van der Waals surface area contributed by atoms with Crippen LogP contribution in [0.1, 0.15) is 0 Å². The highest BCUT2D eigenvalue weighted by atomic mass is 19.4. The molecule has 42 heavy (non-hydrogen) atoms. The largest absolute Gasteiger partial charge is 0.453 e. The number of ether oxygens (including phenoxy) is 6. The fourth-order valence-electron chi connectivity index (χ4n) is 1.68. The van der Waals surface area contributed by atoms with Crippen molar-refractivity contribution in [2.45, 2.75) is 73.3 Å². The molecule has 0 aromatic heterocycles. The molecule has 1 fully saturated rings. The minimum Gasteiger partial charge on any atom is -0.241 e.